The standard InChI is InChI=1S/C24H32N6O3/c1-6-9-17-21(24-29-19(32-10-7-2)13-20(30-24)33-11-8-3)28-18(14-31)22(27-17)23-25-15(4)12-16(5)26-23/h12-13,31H,6-11,14H2,1-5H3. The molecule has 0 saturated heterocycles. The van der Waals surface area contributed by atoms with Crippen molar-refractivity contribution in [3.63, 3.8) is 0 Å². The Morgan fingerprint density at radius 1 is 0.667 bits per heavy atom. The Labute approximate surface area is 194 Å². The molecular weight excluding hydrogens is 420 g/mol. The minimum absolute atomic E-state index is 0.316. The lowest BCUT2D eigenvalue weighted by Gasteiger charge is -2.14. The second-order valence-corrected chi connectivity index (χ2v) is 7.76. The molecule has 0 spiro atoms. The predicted octanol–water partition coefficient (Wildman–Crippen LogP) is 4.03. The Bertz CT molecular complexity index is 1040. The maximum Gasteiger partial charge on any atom is 0.220 e. The van der Waals surface area contributed by atoms with Crippen molar-refractivity contribution in [2.45, 2.75) is 66.9 Å². The summed E-state index contributed by atoms with van der Waals surface area (Å²) < 4.78 is 11.5. The van der Waals surface area contributed by atoms with Crippen LogP contribution in [0.3, 0.4) is 0 Å². The molecular formula is C24H32N6O3. The fourth-order valence-electron chi connectivity index (χ4n) is 3.29. The van der Waals surface area contributed by atoms with Crippen LogP contribution in [0.1, 0.15) is 62.8 Å². The van der Waals surface area contributed by atoms with E-state index in [2.05, 4.69) is 26.9 Å². The van der Waals surface area contributed by atoms with Gasteiger partial charge >= 0.3 is 0 Å². The minimum atomic E-state index is -0.316. The average molecular weight is 453 g/mol. The van der Waals surface area contributed by atoms with Crippen LogP contribution in [0.4, 0.5) is 0 Å². The molecule has 3 aromatic heterocycles. The van der Waals surface area contributed by atoms with Crippen LogP contribution >= 0.6 is 0 Å². The van der Waals surface area contributed by atoms with Crippen molar-refractivity contribution in [1.29, 1.82) is 0 Å². The Hall–Kier alpha value is -3.20. The van der Waals surface area contributed by atoms with Crippen LogP contribution in [-0.2, 0) is 13.0 Å². The number of hydrogen-bond acceptors (Lipinski definition) is 9. The van der Waals surface area contributed by atoms with Crippen molar-refractivity contribution in [1.82, 2.24) is 29.9 Å². The molecule has 0 unspecified atom stereocenters. The van der Waals surface area contributed by atoms with Crippen molar-refractivity contribution < 1.29 is 14.6 Å². The quantitative estimate of drug-likeness (QED) is 0.460. The van der Waals surface area contributed by atoms with Gasteiger partial charge in [0.05, 0.1) is 37.3 Å². The summed E-state index contributed by atoms with van der Waals surface area (Å²) >= 11 is 0. The van der Waals surface area contributed by atoms with Gasteiger partial charge in [-0.15, -0.1) is 0 Å². The van der Waals surface area contributed by atoms with Crippen molar-refractivity contribution in [2.24, 2.45) is 0 Å². The van der Waals surface area contributed by atoms with Crippen LogP contribution in [0, 0.1) is 13.8 Å². The van der Waals surface area contributed by atoms with Gasteiger partial charge in [0, 0.05) is 11.4 Å². The summed E-state index contributed by atoms with van der Waals surface area (Å²) in [4.78, 5) is 27.7. The number of aliphatic hydroxyl groups excluding tert-OH is 1. The van der Waals surface area contributed by atoms with E-state index in [0.29, 0.717) is 65.8 Å². The smallest absolute Gasteiger partial charge is 0.220 e. The fourth-order valence-corrected chi connectivity index (χ4v) is 3.29. The molecule has 0 fully saturated rings. The Balaban J connectivity index is 2.17. The van der Waals surface area contributed by atoms with E-state index in [4.69, 9.17) is 19.4 Å². The summed E-state index contributed by atoms with van der Waals surface area (Å²) in [5, 5.41) is 10.1. The molecule has 9 heteroatoms. The summed E-state index contributed by atoms with van der Waals surface area (Å²) in [6.07, 6.45) is 3.20. The van der Waals surface area contributed by atoms with E-state index in [-0.39, 0.29) is 6.61 Å². The van der Waals surface area contributed by atoms with E-state index in [1.807, 2.05) is 33.8 Å². The summed E-state index contributed by atoms with van der Waals surface area (Å²) in [5.41, 5.74) is 3.70. The van der Waals surface area contributed by atoms with E-state index in [1.165, 1.54) is 0 Å². The largest absolute Gasteiger partial charge is 0.477 e. The lowest BCUT2D eigenvalue weighted by molar-refractivity contribution is 0.277. The third-order valence-corrected chi connectivity index (χ3v) is 4.67. The van der Waals surface area contributed by atoms with Crippen LogP contribution in [0.15, 0.2) is 12.1 Å². The maximum absolute atomic E-state index is 10.1. The number of aliphatic hydroxyl groups is 1. The first-order valence-corrected chi connectivity index (χ1v) is 11.5. The number of hydrogen-bond donors (Lipinski definition) is 1. The van der Waals surface area contributed by atoms with Gasteiger partial charge in [-0.25, -0.2) is 19.9 Å². The van der Waals surface area contributed by atoms with Crippen LogP contribution in [0.25, 0.3) is 23.0 Å². The van der Waals surface area contributed by atoms with Crippen LogP contribution in [0.2, 0.25) is 0 Å². The van der Waals surface area contributed by atoms with Gasteiger partial charge < -0.3 is 14.6 Å². The zero-order valence-corrected chi connectivity index (χ0v) is 20.1. The summed E-state index contributed by atoms with van der Waals surface area (Å²) in [5.74, 6) is 1.64. The van der Waals surface area contributed by atoms with Crippen LogP contribution in [0.5, 0.6) is 11.8 Å². The summed E-state index contributed by atoms with van der Waals surface area (Å²) in [7, 11) is 0. The van der Waals surface area contributed by atoms with Crippen LogP contribution < -0.4 is 9.47 Å². The molecule has 1 N–H and O–H groups in total. The molecule has 0 bridgehead atoms. The second-order valence-electron chi connectivity index (χ2n) is 7.76. The van der Waals surface area contributed by atoms with Gasteiger partial charge in [-0.05, 0) is 39.2 Å². The average Bonchev–Trinajstić information content (AvgIpc) is 2.80. The van der Waals surface area contributed by atoms with Gasteiger partial charge in [-0.3, -0.25) is 0 Å². The van der Waals surface area contributed by atoms with Gasteiger partial charge in [0.1, 0.15) is 11.4 Å². The van der Waals surface area contributed by atoms with Gasteiger partial charge in [0.15, 0.2) is 11.6 Å². The molecule has 0 amide bonds. The zero-order chi connectivity index (χ0) is 23.8. The summed E-state index contributed by atoms with van der Waals surface area (Å²) in [6, 6.07) is 3.58. The van der Waals surface area contributed by atoms with E-state index < -0.39 is 0 Å². The van der Waals surface area contributed by atoms with Crippen molar-refractivity contribution in [2.75, 3.05) is 13.2 Å². The molecule has 3 heterocycles. The van der Waals surface area contributed by atoms with E-state index >= 15 is 0 Å². The van der Waals surface area contributed by atoms with Gasteiger partial charge in [-0.1, -0.05) is 27.2 Å². The monoisotopic (exact) mass is 452 g/mol. The molecule has 0 aliphatic heterocycles. The molecule has 0 aromatic carbocycles. The van der Waals surface area contributed by atoms with Gasteiger partial charge in [-0.2, -0.15) is 9.97 Å². The molecule has 0 radical (unpaired) electrons. The molecule has 3 aromatic rings. The topological polar surface area (TPSA) is 116 Å². The number of nitrogens with zero attached hydrogens (tertiary/aromatic N) is 6. The molecule has 3 rings (SSSR count). The molecule has 33 heavy (non-hydrogen) atoms. The fraction of sp³-hybridized carbons (Fsp3) is 0.500. The first-order valence-electron chi connectivity index (χ1n) is 11.5. The summed E-state index contributed by atoms with van der Waals surface area (Å²) in [6.45, 7) is 10.7. The third-order valence-electron chi connectivity index (χ3n) is 4.67. The molecule has 176 valence electrons. The third kappa shape index (κ3) is 6.19. The molecule has 0 saturated carbocycles. The maximum atomic E-state index is 10.1. The highest BCUT2D eigenvalue weighted by Crippen LogP contribution is 2.28. The SMILES string of the molecule is CCCOc1cc(OCCC)nc(-c2nc(CO)c(-c3nc(C)cc(C)n3)nc2CCC)n1. The van der Waals surface area contributed by atoms with Crippen molar-refractivity contribution >= 4 is 0 Å². The van der Waals surface area contributed by atoms with Gasteiger partial charge in [0.25, 0.3) is 0 Å². The predicted molar refractivity (Wildman–Crippen MR) is 125 cm³/mol. The van der Waals surface area contributed by atoms with Gasteiger partial charge in [0.2, 0.25) is 11.8 Å². The van der Waals surface area contributed by atoms with E-state index in [9.17, 15) is 5.11 Å². The van der Waals surface area contributed by atoms with Crippen molar-refractivity contribution in [3.8, 4) is 34.8 Å². The highest BCUT2D eigenvalue weighted by atomic mass is 16.5. The Kier molecular flexibility index (Phi) is 8.59. The van der Waals surface area contributed by atoms with E-state index in [1.54, 1.807) is 6.07 Å². The normalized spacial score (nSPS) is 11.0. The molecule has 9 nitrogen and oxygen atoms in total. The number of aromatic nitrogens is 6. The van der Waals surface area contributed by atoms with E-state index in [0.717, 1.165) is 30.7 Å². The number of ether oxygens (including phenoxy) is 2. The number of aryl methyl sites for hydroxylation is 3. The zero-order valence-electron chi connectivity index (χ0n) is 20.1. The molecule has 0 aliphatic carbocycles. The highest BCUT2D eigenvalue weighted by molar-refractivity contribution is 5.61. The van der Waals surface area contributed by atoms with Crippen LogP contribution in [-0.4, -0.2) is 48.2 Å². The lowest BCUT2D eigenvalue weighted by Crippen LogP contribution is -2.10. The minimum Gasteiger partial charge on any atom is -0.477 e. The molecule has 0 aliphatic rings. The lowest BCUT2D eigenvalue weighted by atomic mass is 10.1. The number of rotatable bonds is 11. The second kappa shape index (κ2) is 11.6. The molecule has 0 atom stereocenters. The Morgan fingerprint density at radius 2 is 1.18 bits per heavy atom. The van der Waals surface area contributed by atoms with Crippen molar-refractivity contribution in [3.05, 3.63) is 34.9 Å². The first kappa shape index (κ1) is 24.4. The first-order chi connectivity index (χ1) is 16.0. The Morgan fingerprint density at radius 3 is 1.70 bits per heavy atom. The highest BCUT2D eigenvalue weighted by Gasteiger charge is 2.21.